The summed E-state index contributed by atoms with van der Waals surface area (Å²) in [6.07, 6.45) is 1.68. The number of thioether (sulfide) groups is 2. The maximum Gasteiger partial charge on any atom is 0.352 e. The van der Waals surface area contributed by atoms with Crippen molar-refractivity contribution in [2.24, 2.45) is 0 Å². The van der Waals surface area contributed by atoms with Crippen LogP contribution < -0.4 is 10.7 Å². The number of nitro groups is 1. The third-order valence-electron chi connectivity index (χ3n) is 5.78. The number of hydrogen-bond acceptors (Lipinski definition) is 10. The Hall–Kier alpha value is -3.46. The van der Waals surface area contributed by atoms with Gasteiger partial charge in [0.2, 0.25) is 5.91 Å². The Labute approximate surface area is 231 Å². The Morgan fingerprint density at radius 1 is 1.24 bits per heavy atom. The smallest absolute Gasteiger partial charge is 0.352 e. The lowest BCUT2D eigenvalue weighted by Crippen LogP contribution is -2.70. The molecule has 10 nitrogen and oxygen atoms in total. The van der Waals surface area contributed by atoms with Gasteiger partial charge in [0.05, 0.1) is 25.6 Å². The van der Waals surface area contributed by atoms with Gasteiger partial charge in [-0.3, -0.25) is 29.4 Å². The first-order chi connectivity index (χ1) is 18.2. The van der Waals surface area contributed by atoms with Crippen LogP contribution in [0.1, 0.15) is 5.56 Å². The van der Waals surface area contributed by atoms with Gasteiger partial charge >= 0.3 is 5.97 Å². The Kier molecular flexibility index (Phi) is 7.38. The highest BCUT2D eigenvalue weighted by atomic mass is 32.2. The maximum atomic E-state index is 12.8. The molecule has 1 aromatic carbocycles. The molecule has 0 aliphatic carbocycles. The van der Waals surface area contributed by atoms with Crippen molar-refractivity contribution < 1.29 is 24.4 Å². The lowest BCUT2D eigenvalue weighted by Gasteiger charge is -2.49. The van der Waals surface area contributed by atoms with E-state index in [-0.39, 0.29) is 29.1 Å². The minimum Gasteiger partial charge on any atom is -0.477 e. The molecule has 1 unspecified atom stereocenters. The fourth-order valence-electron chi connectivity index (χ4n) is 4.05. The number of hydrogen-bond donors (Lipinski definition) is 2. The molecule has 2 aliphatic heterocycles. The second kappa shape index (κ2) is 10.7. The van der Waals surface area contributed by atoms with Crippen molar-refractivity contribution in [1.29, 1.82) is 0 Å². The molecule has 194 valence electrons. The van der Waals surface area contributed by atoms with Crippen LogP contribution in [-0.4, -0.2) is 49.9 Å². The molecule has 14 heteroatoms. The summed E-state index contributed by atoms with van der Waals surface area (Å²) in [5.41, 5.74) is 0.621. The molecule has 0 saturated carbocycles. The van der Waals surface area contributed by atoms with E-state index in [1.54, 1.807) is 11.5 Å². The third-order valence-corrected chi connectivity index (χ3v) is 10.3. The van der Waals surface area contributed by atoms with E-state index in [0.29, 0.717) is 24.9 Å². The van der Waals surface area contributed by atoms with Crippen LogP contribution in [0.3, 0.4) is 0 Å². The molecule has 38 heavy (non-hydrogen) atoms. The highest BCUT2D eigenvalue weighted by molar-refractivity contribution is 8.04. The normalized spacial score (nSPS) is 18.9. The van der Waals surface area contributed by atoms with Gasteiger partial charge in [0, 0.05) is 11.8 Å². The number of carboxylic acids is 1. The number of carbonyl (C=O) groups is 3. The third kappa shape index (κ3) is 4.99. The summed E-state index contributed by atoms with van der Waals surface area (Å²) in [6, 6.07) is 9.68. The first-order valence-corrected chi connectivity index (χ1v) is 14.6. The zero-order chi connectivity index (χ0) is 27.0. The number of benzene rings is 1. The van der Waals surface area contributed by atoms with Gasteiger partial charge in [0.25, 0.3) is 11.6 Å². The van der Waals surface area contributed by atoms with E-state index in [1.165, 1.54) is 28.1 Å². The van der Waals surface area contributed by atoms with E-state index in [1.807, 2.05) is 30.3 Å². The summed E-state index contributed by atoms with van der Waals surface area (Å²) in [7, 11) is 0. The molecule has 1 fully saturated rings. The van der Waals surface area contributed by atoms with E-state index in [2.05, 4.69) is 5.32 Å². The predicted octanol–water partition coefficient (Wildman–Crippen LogP) is 3.82. The second-order valence-electron chi connectivity index (χ2n) is 8.18. The van der Waals surface area contributed by atoms with Crippen molar-refractivity contribution in [2.45, 2.75) is 22.0 Å². The number of aliphatic carboxylic acids is 1. The Balaban J connectivity index is 1.30. The molecule has 2 amide bonds. The Bertz CT molecular complexity index is 1600. The minimum absolute atomic E-state index is 0.112. The zero-order valence-corrected chi connectivity index (χ0v) is 22.5. The fourth-order valence-corrected chi connectivity index (χ4v) is 8.49. The number of amides is 2. The van der Waals surface area contributed by atoms with E-state index in [0.717, 1.165) is 40.0 Å². The molecule has 3 aromatic rings. The molecule has 1 saturated heterocycles. The van der Waals surface area contributed by atoms with Gasteiger partial charge in [-0.2, -0.15) is 0 Å². The zero-order valence-electron chi connectivity index (χ0n) is 19.2. The molecule has 4 heterocycles. The molecule has 0 radical (unpaired) electrons. The number of nitrogens with one attached hydrogen (secondary N) is 1. The van der Waals surface area contributed by atoms with Crippen molar-refractivity contribution in [3.05, 3.63) is 90.4 Å². The van der Waals surface area contributed by atoms with E-state index >= 15 is 0 Å². The number of thiophene rings is 1. The number of allylic oxidation sites excluding steroid dienone is 1. The molecule has 2 N–H and O–H groups in total. The lowest BCUT2D eigenvalue weighted by atomic mass is 10.0. The number of fused-ring (bicyclic) bond motifs is 2. The number of β-lactam (4-membered cyclic amide) rings is 1. The molecule has 5 rings (SSSR count). The summed E-state index contributed by atoms with van der Waals surface area (Å²) < 4.78 is 1.14. The van der Waals surface area contributed by atoms with Crippen LogP contribution in [0, 0.1) is 10.1 Å². The molecule has 2 aliphatic rings. The van der Waals surface area contributed by atoms with Gasteiger partial charge < -0.3 is 10.4 Å². The average Bonchev–Trinajstić information content (AvgIpc) is 3.32. The number of rotatable bonds is 8. The Morgan fingerprint density at radius 2 is 2.00 bits per heavy atom. The second-order valence-corrected chi connectivity index (χ2v) is 12.4. The van der Waals surface area contributed by atoms with Gasteiger partial charge in [0.1, 0.15) is 21.8 Å². The van der Waals surface area contributed by atoms with Crippen LogP contribution in [0.25, 0.3) is 9.40 Å². The standard InChI is InChI=1S/C24H17N3O7S4/c28-15-9-17(38-20-14(27(33)34)11-36-21(15)20)35-7-6-13-10-37-23-18(22(30)26(23)19(13)24(31)32)25-16(29)8-12-4-2-1-3-5-12/h1-7,9,11,18,23H,8,10H2,(H,25,29)(H,31,32)/b7-6+/t18?,23-/m1/s1. The number of carbonyl (C=O) groups excluding carboxylic acids is 2. The summed E-state index contributed by atoms with van der Waals surface area (Å²) in [5, 5.41) is 26.2. The van der Waals surface area contributed by atoms with Gasteiger partial charge in [0.15, 0.2) is 5.43 Å². The summed E-state index contributed by atoms with van der Waals surface area (Å²) in [5.74, 6) is -1.78. The first kappa shape index (κ1) is 26.2. The van der Waals surface area contributed by atoms with Gasteiger partial charge in [-0.15, -0.1) is 34.4 Å². The average molecular weight is 588 g/mol. The quantitative estimate of drug-likeness (QED) is 0.174. The highest BCUT2D eigenvalue weighted by Gasteiger charge is 2.53. The topological polar surface area (TPSA) is 147 Å². The SMILES string of the molecule is O=C(Cc1ccccc1)NC1C(=O)N2C(C(=O)O)=C(/C=C/Sc3cc(=O)c4scc([N+](=O)[O-])c4s3)CS[C@H]12. The van der Waals surface area contributed by atoms with Crippen LogP contribution in [-0.2, 0) is 20.8 Å². The molecular weight excluding hydrogens is 571 g/mol. The van der Waals surface area contributed by atoms with Gasteiger partial charge in [-0.05, 0) is 22.6 Å². The minimum atomic E-state index is -1.26. The fraction of sp³-hybridized carbons (Fsp3) is 0.167. The van der Waals surface area contributed by atoms with E-state index in [9.17, 15) is 34.4 Å². The maximum absolute atomic E-state index is 12.8. The van der Waals surface area contributed by atoms with Crippen molar-refractivity contribution in [2.75, 3.05) is 5.75 Å². The van der Waals surface area contributed by atoms with Gasteiger partial charge in [-0.25, -0.2) is 4.79 Å². The Morgan fingerprint density at radius 3 is 2.71 bits per heavy atom. The van der Waals surface area contributed by atoms with Crippen LogP contribution in [0.5, 0.6) is 0 Å². The lowest BCUT2D eigenvalue weighted by molar-refractivity contribution is -0.382. The monoisotopic (exact) mass is 587 g/mol. The van der Waals surface area contributed by atoms with Crippen molar-refractivity contribution in [1.82, 2.24) is 10.2 Å². The van der Waals surface area contributed by atoms with Crippen LogP contribution in [0.4, 0.5) is 5.69 Å². The summed E-state index contributed by atoms with van der Waals surface area (Å²) in [6.45, 7) is 0. The van der Waals surface area contributed by atoms with Crippen molar-refractivity contribution in [3.8, 4) is 0 Å². The van der Waals surface area contributed by atoms with Crippen LogP contribution in [0.15, 0.2) is 73.5 Å². The molecule has 2 atom stereocenters. The van der Waals surface area contributed by atoms with E-state index < -0.39 is 28.2 Å². The largest absolute Gasteiger partial charge is 0.477 e. The van der Waals surface area contributed by atoms with E-state index in [4.69, 9.17) is 0 Å². The number of carboxylic acid groups (broad SMARTS) is 1. The molecular formula is C24H17N3O7S4. The predicted molar refractivity (Wildman–Crippen MR) is 147 cm³/mol. The van der Waals surface area contributed by atoms with Crippen LogP contribution in [0.2, 0.25) is 0 Å². The molecule has 0 spiro atoms. The first-order valence-electron chi connectivity index (χ1n) is 11.0. The highest BCUT2D eigenvalue weighted by Crippen LogP contribution is 2.41. The number of nitrogens with zero attached hydrogens (tertiary/aromatic N) is 2. The van der Waals surface area contributed by atoms with Crippen LogP contribution >= 0.6 is 46.2 Å². The van der Waals surface area contributed by atoms with Gasteiger partial charge in [-0.1, -0.05) is 42.1 Å². The van der Waals surface area contributed by atoms with Crippen molar-refractivity contribution >= 4 is 79.1 Å². The van der Waals surface area contributed by atoms with Crippen molar-refractivity contribution in [3.63, 3.8) is 0 Å². The molecule has 2 aromatic heterocycles. The molecule has 0 bridgehead atoms. The summed E-state index contributed by atoms with van der Waals surface area (Å²) >= 11 is 4.62. The summed E-state index contributed by atoms with van der Waals surface area (Å²) in [4.78, 5) is 61.6.